The molecule has 0 N–H and O–H groups in total. The summed E-state index contributed by atoms with van der Waals surface area (Å²) in [5.74, 6) is 2.29. The van der Waals surface area contributed by atoms with E-state index in [-0.39, 0.29) is 6.04 Å². The SMILES string of the molecule is Cc1nc(C(C)C)c2c(n1)N1CCCOCC1COC2. The molecule has 1 saturated heterocycles. The van der Waals surface area contributed by atoms with Crippen LogP contribution in [0, 0.1) is 6.92 Å². The Morgan fingerprint density at radius 1 is 1.20 bits per heavy atom. The molecule has 1 fully saturated rings. The van der Waals surface area contributed by atoms with Crippen LogP contribution in [0.15, 0.2) is 0 Å². The van der Waals surface area contributed by atoms with Crippen LogP contribution in [0.4, 0.5) is 5.82 Å². The third-order valence-corrected chi connectivity index (χ3v) is 3.94. The van der Waals surface area contributed by atoms with Gasteiger partial charge in [-0.15, -0.1) is 0 Å². The zero-order chi connectivity index (χ0) is 14.1. The summed E-state index contributed by atoms with van der Waals surface area (Å²) >= 11 is 0. The van der Waals surface area contributed by atoms with Gasteiger partial charge in [0, 0.05) is 18.7 Å². The minimum atomic E-state index is 0.271. The molecule has 0 aromatic carbocycles. The number of rotatable bonds is 1. The normalized spacial score (nSPS) is 23.0. The molecule has 1 unspecified atom stereocenters. The van der Waals surface area contributed by atoms with E-state index in [1.54, 1.807) is 0 Å². The minimum Gasteiger partial charge on any atom is -0.379 e. The summed E-state index contributed by atoms with van der Waals surface area (Å²) in [6, 6.07) is 0.271. The quantitative estimate of drug-likeness (QED) is 0.786. The molecule has 5 heteroatoms. The summed E-state index contributed by atoms with van der Waals surface area (Å²) in [6.45, 7) is 10.2. The fraction of sp³-hybridized carbons (Fsp3) is 0.733. The fourth-order valence-corrected chi connectivity index (χ4v) is 3.00. The Kier molecular flexibility index (Phi) is 3.89. The lowest BCUT2D eigenvalue weighted by atomic mass is 10.0. The average molecular weight is 277 g/mol. The highest BCUT2D eigenvalue weighted by Crippen LogP contribution is 2.31. The van der Waals surface area contributed by atoms with Crippen molar-refractivity contribution in [2.24, 2.45) is 0 Å². The summed E-state index contributed by atoms with van der Waals surface area (Å²) < 4.78 is 11.6. The van der Waals surface area contributed by atoms with Gasteiger partial charge in [-0.1, -0.05) is 13.8 Å². The fourth-order valence-electron chi connectivity index (χ4n) is 3.00. The second kappa shape index (κ2) is 5.66. The first-order valence-electron chi connectivity index (χ1n) is 7.46. The van der Waals surface area contributed by atoms with E-state index < -0.39 is 0 Å². The Morgan fingerprint density at radius 3 is 2.80 bits per heavy atom. The second-order valence-electron chi connectivity index (χ2n) is 5.90. The molecule has 0 saturated carbocycles. The molecule has 110 valence electrons. The summed E-state index contributed by atoms with van der Waals surface area (Å²) in [5, 5.41) is 0. The maximum absolute atomic E-state index is 5.88. The van der Waals surface area contributed by atoms with Gasteiger partial charge in [0.25, 0.3) is 0 Å². The van der Waals surface area contributed by atoms with E-state index in [0.29, 0.717) is 19.1 Å². The Hall–Kier alpha value is -1.20. The molecule has 0 aliphatic carbocycles. The van der Waals surface area contributed by atoms with E-state index in [1.165, 1.54) is 0 Å². The number of fused-ring (bicyclic) bond motifs is 3. The lowest BCUT2D eigenvalue weighted by Gasteiger charge is -2.29. The van der Waals surface area contributed by atoms with Crippen LogP contribution >= 0.6 is 0 Å². The number of aromatic nitrogens is 2. The molecular weight excluding hydrogens is 254 g/mol. The van der Waals surface area contributed by atoms with E-state index >= 15 is 0 Å². The molecule has 5 nitrogen and oxygen atoms in total. The molecular formula is C15H23N3O2. The number of hydrogen-bond acceptors (Lipinski definition) is 5. The molecule has 0 bridgehead atoms. The maximum atomic E-state index is 5.88. The number of hydrogen-bond donors (Lipinski definition) is 0. The van der Waals surface area contributed by atoms with Crippen molar-refractivity contribution in [3.8, 4) is 0 Å². The highest BCUT2D eigenvalue weighted by molar-refractivity contribution is 5.51. The first-order chi connectivity index (χ1) is 9.66. The maximum Gasteiger partial charge on any atom is 0.138 e. The molecule has 2 aliphatic rings. The van der Waals surface area contributed by atoms with Crippen molar-refractivity contribution in [2.45, 2.75) is 45.8 Å². The van der Waals surface area contributed by atoms with Gasteiger partial charge in [0.1, 0.15) is 11.6 Å². The van der Waals surface area contributed by atoms with E-state index in [1.807, 2.05) is 6.92 Å². The predicted octanol–water partition coefficient (Wildman–Crippen LogP) is 2.03. The van der Waals surface area contributed by atoms with E-state index in [2.05, 4.69) is 23.7 Å². The number of aryl methyl sites for hydroxylation is 1. The van der Waals surface area contributed by atoms with Crippen molar-refractivity contribution in [3.63, 3.8) is 0 Å². The zero-order valence-electron chi connectivity index (χ0n) is 12.6. The van der Waals surface area contributed by atoms with Gasteiger partial charge in [0.15, 0.2) is 0 Å². The van der Waals surface area contributed by atoms with Gasteiger partial charge >= 0.3 is 0 Å². The van der Waals surface area contributed by atoms with Gasteiger partial charge in [0.2, 0.25) is 0 Å². The van der Waals surface area contributed by atoms with Crippen LogP contribution in [0.1, 0.15) is 43.3 Å². The standard InChI is InChI=1S/C15H23N3O2/c1-10(2)14-13-9-20-8-12-7-19-6-4-5-18(12)15(13)17-11(3)16-14/h10,12H,4-9H2,1-3H3. The third kappa shape index (κ3) is 2.52. The molecule has 0 amide bonds. The van der Waals surface area contributed by atoms with Gasteiger partial charge < -0.3 is 14.4 Å². The predicted molar refractivity (Wildman–Crippen MR) is 77.1 cm³/mol. The van der Waals surface area contributed by atoms with Crippen LogP contribution in [-0.4, -0.2) is 42.4 Å². The summed E-state index contributed by atoms with van der Waals surface area (Å²) in [5.41, 5.74) is 2.29. The van der Waals surface area contributed by atoms with Crippen molar-refractivity contribution in [1.82, 2.24) is 9.97 Å². The van der Waals surface area contributed by atoms with Gasteiger partial charge in [-0.2, -0.15) is 0 Å². The molecule has 0 spiro atoms. The minimum absolute atomic E-state index is 0.271. The van der Waals surface area contributed by atoms with E-state index in [0.717, 1.165) is 49.1 Å². The first-order valence-corrected chi connectivity index (χ1v) is 7.46. The Morgan fingerprint density at radius 2 is 2.00 bits per heavy atom. The lowest BCUT2D eigenvalue weighted by Crippen LogP contribution is -2.40. The second-order valence-corrected chi connectivity index (χ2v) is 5.90. The van der Waals surface area contributed by atoms with Crippen molar-refractivity contribution in [2.75, 3.05) is 31.3 Å². The molecule has 0 radical (unpaired) electrons. The summed E-state index contributed by atoms with van der Waals surface area (Å²) in [6.07, 6.45) is 1.04. The van der Waals surface area contributed by atoms with Crippen molar-refractivity contribution in [1.29, 1.82) is 0 Å². The van der Waals surface area contributed by atoms with Gasteiger partial charge in [-0.25, -0.2) is 9.97 Å². The molecule has 1 aromatic heterocycles. The highest BCUT2D eigenvalue weighted by atomic mass is 16.5. The largest absolute Gasteiger partial charge is 0.379 e. The Labute approximate surface area is 120 Å². The van der Waals surface area contributed by atoms with Crippen LogP contribution in [0.5, 0.6) is 0 Å². The lowest BCUT2D eigenvalue weighted by molar-refractivity contribution is 0.0727. The van der Waals surface area contributed by atoms with E-state index in [4.69, 9.17) is 14.5 Å². The summed E-state index contributed by atoms with van der Waals surface area (Å²) in [7, 11) is 0. The number of nitrogens with zero attached hydrogens (tertiary/aromatic N) is 3. The van der Waals surface area contributed by atoms with Crippen LogP contribution < -0.4 is 4.90 Å². The Bertz CT molecular complexity index is 490. The monoisotopic (exact) mass is 277 g/mol. The number of ether oxygens (including phenoxy) is 2. The van der Waals surface area contributed by atoms with Gasteiger partial charge in [0.05, 0.1) is 31.6 Å². The van der Waals surface area contributed by atoms with Crippen LogP contribution in [0.3, 0.4) is 0 Å². The molecule has 1 atom stereocenters. The average Bonchev–Trinajstić information content (AvgIpc) is 2.72. The third-order valence-electron chi connectivity index (χ3n) is 3.94. The van der Waals surface area contributed by atoms with E-state index in [9.17, 15) is 0 Å². The topological polar surface area (TPSA) is 47.5 Å². The molecule has 20 heavy (non-hydrogen) atoms. The molecule has 3 heterocycles. The van der Waals surface area contributed by atoms with Crippen LogP contribution in [0.2, 0.25) is 0 Å². The van der Waals surface area contributed by atoms with Crippen LogP contribution in [0.25, 0.3) is 0 Å². The molecule has 3 rings (SSSR count). The van der Waals surface area contributed by atoms with Crippen molar-refractivity contribution < 1.29 is 9.47 Å². The first kappa shape index (κ1) is 13.8. The number of anilines is 1. The molecule has 1 aromatic rings. The smallest absolute Gasteiger partial charge is 0.138 e. The van der Waals surface area contributed by atoms with Gasteiger partial charge in [-0.05, 0) is 19.3 Å². The summed E-state index contributed by atoms with van der Waals surface area (Å²) in [4.78, 5) is 11.7. The van der Waals surface area contributed by atoms with Crippen molar-refractivity contribution >= 4 is 5.82 Å². The van der Waals surface area contributed by atoms with Crippen molar-refractivity contribution in [3.05, 3.63) is 17.1 Å². The zero-order valence-corrected chi connectivity index (χ0v) is 12.6. The Balaban J connectivity index is 2.08. The van der Waals surface area contributed by atoms with Gasteiger partial charge in [-0.3, -0.25) is 0 Å². The van der Waals surface area contributed by atoms with Crippen LogP contribution in [-0.2, 0) is 16.1 Å². The highest BCUT2D eigenvalue weighted by Gasteiger charge is 2.30. The molecule has 2 aliphatic heterocycles.